The van der Waals surface area contributed by atoms with Crippen LogP contribution in [0.25, 0.3) is 0 Å². The summed E-state index contributed by atoms with van der Waals surface area (Å²) in [4.78, 5) is 22.8. The maximum Gasteiger partial charge on any atom is 0.284 e. The van der Waals surface area contributed by atoms with Crippen molar-refractivity contribution in [1.82, 2.24) is 5.32 Å². The van der Waals surface area contributed by atoms with Crippen LogP contribution in [0, 0.1) is 17.0 Å². The molecule has 0 unspecified atom stereocenters. The van der Waals surface area contributed by atoms with Crippen molar-refractivity contribution in [3.8, 4) is 11.5 Å². The number of ether oxygens (including phenoxy) is 2. The summed E-state index contributed by atoms with van der Waals surface area (Å²) in [5.41, 5.74) is 0.687. The number of amides is 1. The molecule has 0 radical (unpaired) electrons. The third-order valence-electron chi connectivity index (χ3n) is 3.21. The van der Waals surface area contributed by atoms with Crippen LogP contribution in [0.15, 0.2) is 47.4 Å². The number of hydrogen-bond acceptors (Lipinski definition) is 6. The Kier molecular flexibility index (Phi) is 6.64. The maximum absolute atomic E-state index is 12.0. The second-order valence-corrected chi connectivity index (χ2v) is 6.06. The number of para-hydroxylation sites is 2. The summed E-state index contributed by atoms with van der Waals surface area (Å²) in [6.07, 6.45) is 0. The number of nitrogens with zero attached hydrogens (tertiary/aromatic N) is 1. The van der Waals surface area contributed by atoms with Crippen molar-refractivity contribution in [2.75, 3.05) is 20.3 Å². The van der Waals surface area contributed by atoms with E-state index in [-0.39, 0.29) is 24.1 Å². The van der Waals surface area contributed by atoms with Crippen molar-refractivity contribution >= 4 is 22.7 Å². The van der Waals surface area contributed by atoms with Gasteiger partial charge in [-0.3, -0.25) is 14.9 Å². The molecular formula is C17H18N2O5S. The zero-order chi connectivity index (χ0) is 18.2. The van der Waals surface area contributed by atoms with Crippen LogP contribution in [0.4, 0.5) is 10.5 Å². The summed E-state index contributed by atoms with van der Waals surface area (Å²) >= 11 is 0.789. The molecule has 1 amide bonds. The molecule has 0 fully saturated rings. The zero-order valence-corrected chi connectivity index (χ0v) is 14.7. The number of hydrogen-bond donors (Lipinski definition) is 1. The molecule has 0 spiro atoms. The highest BCUT2D eigenvalue weighted by Crippen LogP contribution is 2.30. The third-order valence-corrected chi connectivity index (χ3v) is 4.11. The van der Waals surface area contributed by atoms with Gasteiger partial charge in [0.1, 0.15) is 6.61 Å². The lowest BCUT2D eigenvalue weighted by Gasteiger charge is -2.10. The Hall–Kier alpha value is -2.74. The van der Waals surface area contributed by atoms with Crippen molar-refractivity contribution in [2.45, 2.75) is 11.8 Å². The summed E-state index contributed by atoms with van der Waals surface area (Å²) in [6, 6.07) is 11.9. The molecule has 0 atom stereocenters. The summed E-state index contributed by atoms with van der Waals surface area (Å²) < 4.78 is 10.7. The zero-order valence-electron chi connectivity index (χ0n) is 13.9. The minimum atomic E-state index is -0.493. The normalized spacial score (nSPS) is 10.2. The Labute approximate surface area is 149 Å². The Bertz CT molecular complexity index is 766. The van der Waals surface area contributed by atoms with Gasteiger partial charge in [0.25, 0.3) is 10.9 Å². The summed E-state index contributed by atoms with van der Waals surface area (Å²) in [7, 11) is 1.55. The molecule has 2 aromatic rings. The van der Waals surface area contributed by atoms with Crippen molar-refractivity contribution in [3.05, 3.63) is 58.1 Å². The maximum atomic E-state index is 12.0. The first kappa shape index (κ1) is 18.6. The number of thioether (sulfide) groups is 1. The van der Waals surface area contributed by atoms with Crippen molar-refractivity contribution in [2.24, 2.45) is 0 Å². The Morgan fingerprint density at radius 3 is 2.64 bits per heavy atom. The molecular weight excluding hydrogens is 344 g/mol. The smallest absolute Gasteiger partial charge is 0.284 e. The van der Waals surface area contributed by atoms with Gasteiger partial charge in [-0.1, -0.05) is 18.2 Å². The molecule has 0 aliphatic carbocycles. The predicted octanol–water partition coefficient (Wildman–Crippen LogP) is 3.79. The van der Waals surface area contributed by atoms with Gasteiger partial charge in [-0.2, -0.15) is 0 Å². The highest BCUT2D eigenvalue weighted by Gasteiger charge is 2.17. The molecule has 2 aromatic carbocycles. The molecule has 8 heteroatoms. The number of nitrogens with one attached hydrogen (secondary N) is 1. The minimum Gasteiger partial charge on any atom is -0.493 e. The van der Waals surface area contributed by atoms with Crippen LogP contribution in [-0.4, -0.2) is 30.4 Å². The van der Waals surface area contributed by atoms with Gasteiger partial charge in [0.05, 0.1) is 23.5 Å². The first-order valence-electron chi connectivity index (χ1n) is 7.48. The summed E-state index contributed by atoms with van der Waals surface area (Å²) in [5.74, 6) is 1.19. The minimum absolute atomic E-state index is 0.0783. The average molecular weight is 362 g/mol. The van der Waals surface area contributed by atoms with Gasteiger partial charge in [-0.05, 0) is 42.4 Å². The van der Waals surface area contributed by atoms with Crippen molar-refractivity contribution in [3.63, 3.8) is 0 Å². The summed E-state index contributed by atoms with van der Waals surface area (Å²) in [5, 5.41) is 13.3. The van der Waals surface area contributed by atoms with E-state index in [9.17, 15) is 14.9 Å². The van der Waals surface area contributed by atoms with E-state index in [4.69, 9.17) is 9.47 Å². The second kappa shape index (κ2) is 8.93. The van der Waals surface area contributed by atoms with Gasteiger partial charge in [0.15, 0.2) is 11.5 Å². The highest BCUT2D eigenvalue weighted by molar-refractivity contribution is 8.13. The van der Waals surface area contributed by atoms with E-state index in [1.54, 1.807) is 38.3 Å². The number of carbonyl (C=O) groups excluding carboxylic acids is 1. The fourth-order valence-corrected chi connectivity index (χ4v) is 2.79. The van der Waals surface area contributed by atoms with Gasteiger partial charge in [-0.15, -0.1) is 0 Å². The topological polar surface area (TPSA) is 90.7 Å². The van der Waals surface area contributed by atoms with E-state index in [2.05, 4.69) is 5.32 Å². The highest BCUT2D eigenvalue weighted by atomic mass is 32.2. The lowest BCUT2D eigenvalue weighted by atomic mass is 10.2. The average Bonchev–Trinajstić information content (AvgIpc) is 2.60. The molecule has 0 aromatic heterocycles. The van der Waals surface area contributed by atoms with Gasteiger partial charge in [0.2, 0.25) is 0 Å². The second-order valence-electron chi connectivity index (χ2n) is 5.04. The molecule has 0 bridgehead atoms. The SMILES string of the molecule is COc1ccccc1OCCNC(=O)Sc1ccc(C)cc1[N+](=O)[O-]. The lowest BCUT2D eigenvalue weighted by molar-refractivity contribution is -0.387. The first-order valence-corrected chi connectivity index (χ1v) is 8.29. The fourth-order valence-electron chi connectivity index (χ4n) is 2.04. The number of nitro benzene ring substituents is 1. The van der Waals surface area contributed by atoms with Crippen LogP contribution >= 0.6 is 11.8 Å². The molecule has 1 N–H and O–H groups in total. The molecule has 7 nitrogen and oxygen atoms in total. The van der Waals surface area contributed by atoms with E-state index < -0.39 is 4.92 Å². The van der Waals surface area contributed by atoms with E-state index >= 15 is 0 Å². The van der Waals surface area contributed by atoms with E-state index in [0.29, 0.717) is 16.4 Å². The predicted molar refractivity (Wildman–Crippen MR) is 95.6 cm³/mol. The fraction of sp³-hybridized carbons (Fsp3) is 0.235. The first-order chi connectivity index (χ1) is 12.0. The number of carbonyl (C=O) groups is 1. The van der Waals surface area contributed by atoms with E-state index in [1.807, 2.05) is 12.1 Å². The lowest BCUT2D eigenvalue weighted by Crippen LogP contribution is -2.24. The molecule has 0 saturated carbocycles. The quantitative estimate of drug-likeness (QED) is 0.349. The van der Waals surface area contributed by atoms with Crippen molar-refractivity contribution in [1.29, 1.82) is 0 Å². The van der Waals surface area contributed by atoms with E-state index in [1.165, 1.54) is 6.07 Å². The van der Waals surface area contributed by atoms with Crippen molar-refractivity contribution < 1.29 is 19.2 Å². The van der Waals surface area contributed by atoms with Crippen LogP contribution in [0.3, 0.4) is 0 Å². The molecule has 0 aliphatic rings. The number of aryl methyl sites for hydroxylation is 1. The van der Waals surface area contributed by atoms with Gasteiger partial charge in [-0.25, -0.2) is 0 Å². The van der Waals surface area contributed by atoms with Crippen LogP contribution < -0.4 is 14.8 Å². The number of rotatable bonds is 7. The molecule has 25 heavy (non-hydrogen) atoms. The van der Waals surface area contributed by atoms with E-state index in [0.717, 1.165) is 17.3 Å². The van der Waals surface area contributed by atoms with Crippen LogP contribution in [0.2, 0.25) is 0 Å². The molecule has 2 rings (SSSR count). The van der Waals surface area contributed by atoms with Gasteiger partial charge >= 0.3 is 0 Å². The van der Waals surface area contributed by atoms with Crippen LogP contribution in [-0.2, 0) is 0 Å². The standard InChI is InChI=1S/C17H18N2O5S/c1-12-7-8-16(13(11-12)19(21)22)25-17(20)18-9-10-24-15-6-4-3-5-14(15)23-2/h3-8,11H,9-10H2,1-2H3,(H,18,20). The molecule has 0 saturated heterocycles. The molecule has 0 heterocycles. The van der Waals surface area contributed by atoms with Gasteiger partial charge < -0.3 is 14.8 Å². The third kappa shape index (κ3) is 5.39. The number of nitro groups is 1. The number of benzene rings is 2. The van der Waals surface area contributed by atoms with Crippen LogP contribution in [0.1, 0.15) is 5.56 Å². The number of methoxy groups -OCH3 is 1. The summed E-state index contributed by atoms with van der Waals surface area (Å²) in [6.45, 7) is 2.28. The Morgan fingerprint density at radius 1 is 1.24 bits per heavy atom. The van der Waals surface area contributed by atoms with Gasteiger partial charge in [0, 0.05) is 6.07 Å². The molecule has 132 valence electrons. The Balaban J connectivity index is 1.84. The largest absolute Gasteiger partial charge is 0.493 e. The Morgan fingerprint density at radius 2 is 1.96 bits per heavy atom. The monoisotopic (exact) mass is 362 g/mol. The van der Waals surface area contributed by atoms with Crippen LogP contribution in [0.5, 0.6) is 11.5 Å². The molecule has 0 aliphatic heterocycles.